The summed E-state index contributed by atoms with van der Waals surface area (Å²) in [6.45, 7) is 1.93. The molecule has 0 radical (unpaired) electrons. The first-order valence-electron chi connectivity index (χ1n) is 15.6. The van der Waals surface area contributed by atoms with Crippen molar-refractivity contribution >= 4 is 35.3 Å². The van der Waals surface area contributed by atoms with Crippen molar-refractivity contribution in [3.05, 3.63) is 95.1 Å². The minimum atomic E-state index is -1.53. The number of allylic oxidation sites excluding steroid dienone is 2. The Morgan fingerprint density at radius 3 is 2.17 bits per heavy atom. The molecule has 6 unspecified atom stereocenters. The largest absolute Gasteiger partial charge is 0.502 e. The van der Waals surface area contributed by atoms with E-state index in [0.29, 0.717) is 27.3 Å². The molecule has 2 aliphatic carbocycles. The molecule has 6 amide bonds. The van der Waals surface area contributed by atoms with Gasteiger partial charge in [0.2, 0.25) is 17.6 Å². The van der Waals surface area contributed by atoms with Crippen molar-refractivity contribution in [2.75, 3.05) is 19.6 Å². The maximum Gasteiger partial charge on any atom is 0.328 e. The second kappa shape index (κ2) is 11.3. The van der Waals surface area contributed by atoms with Crippen LogP contribution in [0.5, 0.6) is 17.2 Å². The number of primary amides is 1. The van der Waals surface area contributed by atoms with Gasteiger partial charge >= 0.3 is 6.03 Å². The van der Waals surface area contributed by atoms with Crippen LogP contribution in [0.1, 0.15) is 35.4 Å². The zero-order valence-electron chi connectivity index (χ0n) is 26.5. The van der Waals surface area contributed by atoms with E-state index in [-0.39, 0.29) is 30.1 Å². The van der Waals surface area contributed by atoms with Gasteiger partial charge in [-0.15, -0.1) is 0 Å². The lowest BCUT2D eigenvalue weighted by Gasteiger charge is -2.50. The second-order valence-electron chi connectivity index (χ2n) is 12.7. The number of hydrazine groups is 1. The van der Waals surface area contributed by atoms with E-state index < -0.39 is 64.7 Å². The first-order valence-corrected chi connectivity index (χ1v) is 15.6. The Morgan fingerprint density at radius 1 is 0.917 bits per heavy atom. The Labute approximate surface area is 276 Å². The molecule has 7 rings (SSSR count). The van der Waals surface area contributed by atoms with Crippen molar-refractivity contribution in [1.29, 1.82) is 0 Å². The van der Waals surface area contributed by atoms with Gasteiger partial charge in [0.1, 0.15) is 0 Å². The van der Waals surface area contributed by atoms with Gasteiger partial charge in [-0.25, -0.2) is 4.79 Å². The molecule has 0 bridgehead atoms. The number of urea groups is 1. The van der Waals surface area contributed by atoms with Crippen LogP contribution in [0.2, 0.25) is 0 Å². The normalized spacial score (nSPS) is 27.6. The summed E-state index contributed by atoms with van der Waals surface area (Å²) in [6, 6.07) is 18.3. The van der Waals surface area contributed by atoms with E-state index in [2.05, 4.69) is 5.43 Å². The molecular formula is C36H34N4O8. The molecule has 2 aliphatic heterocycles. The smallest absolute Gasteiger partial charge is 0.328 e. The number of phenolic OH excluding ortho intramolecular Hbond substituents is 1. The monoisotopic (exact) mass is 650 g/mol. The van der Waals surface area contributed by atoms with Gasteiger partial charge in [0, 0.05) is 5.92 Å². The van der Waals surface area contributed by atoms with Crippen LogP contribution in [0.4, 0.5) is 10.5 Å². The number of methoxy groups -OCH3 is 2. The van der Waals surface area contributed by atoms with Crippen molar-refractivity contribution in [2.45, 2.75) is 31.1 Å². The molecule has 2 saturated heterocycles. The van der Waals surface area contributed by atoms with Gasteiger partial charge in [0.05, 0.1) is 43.1 Å². The summed E-state index contributed by atoms with van der Waals surface area (Å²) >= 11 is 0. The summed E-state index contributed by atoms with van der Waals surface area (Å²) in [7, 11) is 2.78. The molecular weight excluding hydrogens is 616 g/mol. The van der Waals surface area contributed by atoms with Gasteiger partial charge in [-0.1, -0.05) is 59.7 Å². The highest BCUT2D eigenvalue weighted by Gasteiger charge is 2.70. The third kappa shape index (κ3) is 4.24. The topological polar surface area (TPSA) is 169 Å². The zero-order chi connectivity index (χ0) is 34.1. The summed E-state index contributed by atoms with van der Waals surface area (Å²) in [5.74, 6) is -6.88. The molecule has 3 aromatic carbocycles. The van der Waals surface area contributed by atoms with Crippen LogP contribution in [0.3, 0.4) is 0 Å². The van der Waals surface area contributed by atoms with E-state index in [1.54, 1.807) is 48.5 Å². The Balaban J connectivity index is 1.49. The highest BCUT2D eigenvalue weighted by molar-refractivity contribution is 6.17. The Hall–Kier alpha value is -5.65. The first-order chi connectivity index (χ1) is 23.0. The van der Waals surface area contributed by atoms with Gasteiger partial charge in [-0.3, -0.25) is 24.6 Å². The number of carbonyl (C=O) groups is 5. The number of aryl methyl sites for hydroxylation is 1. The minimum Gasteiger partial charge on any atom is -0.502 e. The molecule has 12 heteroatoms. The number of ether oxygens (including phenoxy) is 2. The van der Waals surface area contributed by atoms with E-state index in [1.165, 1.54) is 14.2 Å². The Bertz CT molecular complexity index is 1880. The quantitative estimate of drug-likeness (QED) is 0.266. The molecule has 1 saturated carbocycles. The van der Waals surface area contributed by atoms with Gasteiger partial charge in [-0.2, -0.15) is 9.91 Å². The Morgan fingerprint density at radius 2 is 1.56 bits per heavy atom. The summed E-state index contributed by atoms with van der Waals surface area (Å²) in [4.78, 5) is 69.7. The standard InChI is InChI=1S/C36H34N4O8/c1-18-9-11-21(12-10-18)38-40-32(43)25-17-24-22(13-14-23-28(24)33(44)39(31(23)42)35(37)46)29(19-15-26(47-2)30(41)27(16-19)48-3)36(25,34(40)45)20-7-5-4-6-8-20/h4-13,15-16,23-25,28-29,38,41H,14,17H2,1-3H3,(H2,37,46). The van der Waals surface area contributed by atoms with E-state index >= 15 is 4.79 Å². The van der Waals surface area contributed by atoms with Crippen LogP contribution in [0.25, 0.3) is 0 Å². The van der Waals surface area contributed by atoms with Crippen LogP contribution in [-0.2, 0) is 24.6 Å². The third-order valence-electron chi connectivity index (χ3n) is 10.4. The number of nitrogens with two attached hydrogens (primary N) is 1. The van der Waals surface area contributed by atoms with E-state index in [4.69, 9.17) is 15.2 Å². The molecule has 3 fully saturated rings. The molecule has 4 aliphatic rings. The zero-order valence-corrected chi connectivity index (χ0v) is 26.5. The van der Waals surface area contributed by atoms with Crippen molar-refractivity contribution < 1.29 is 38.6 Å². The molecule has 0 spiro atoms. The number of amides is 6. The minimum absolute atomic E-state index is 0.0486. The molecule has 2 heterocycles. The number of hydrogen-bond acceptors (Lipinski definition) is 9. The maximum atomic E-state index is 15.2. The number of imide groups is 4. The fourth-order valence-electron chi connectivity index (χ4n) is 8.42. The number of phenols is 1. The third-order valence-corrected chi connectivity index (χ3v) is 10.4. The van der Waals surface area contributed by atoms with Crippen LogP contribution in [0.15, 0.2) is 78.4 Å². The molecule has 0 aromatic heterocycles. The summed E-state index contributed by atoms with van der Waals surface area (Å²) in [5.41, 5.74) is 10.2. The van der Waals surface area contributed by atoms with Crippen LogP contribution < -0.4 is 20.6 Å². The first kappa shape index (κ1) is 31.0. The molecule has 12 nitrogen and oxygen atoms in total. The predicted octanol–water partition coefficient (Wildman–Crippen LogP) is 3.78. The molecule has 3 aromatic rings. The number of nitrogens with one attached hydrogen (secondary N) is 1. The number of likely N-dealkylation sites (tertiary alicyclic amines) is 1. The summed E-state index contributed by atoms with van der Waals surface area (Å²) < 4.78 is 11.0. The summed E-state index contributed by atoms with van der Waals surface area (Å²) in [6.07, 6.45) is 2.02. The summed E-state index contributed by atoms with van der Waals surface area (Å²) in [5, 5.41) is 11.9. The highest BCUT2D eigenvalue weighted by Crippen LogP contribution is 2.64. The van der Waals surface area contributed by atoms with Crippen LogP contribution in [0, 0.1) is 30.6 Å². The number of anilines is 1. The SMILES string of the molecule is COc1cc(C2C3=CCC4C(=O)N(C(N)=O)C(=O)C4C3CC3C(=O)N(Nc4ccc(C)cc4)C(=O)C32c2ccccc2)cc(OC)c1O. The van der Waals surface area contributed by atoms with E-state index in [1.807, 2.05) is 31.2 Å². The molecule has 4 N–H and O–H groups in total. The van der Waals surface area contributed by atoms with Crippen molar-refractivity contribution in [3.8, 4) is 17.2 Å². The average Bonchev–Trinajstić information content (AvgIpc) is 3.47. The number of rotatable bonds is 6. The molecule has 48 heavy (non-hydrogen) atoms. The van der Waals surface area contributed by atoms with Crippen molar-refractivity contribution in [1.82, 2.24) is 9.91 Å². The van der Waals surface area contributed by atoms with Crippen molar-refractivity contribution in [2.24, 2.45) is 29.4 Å². The molecule has 6 atom stereocenters. The Kier molecular flexibility index (Phi) is 7.26. The number of hydrogen-bond donors (Lipinski definition) is 3. The van der Waals surface area contributed by atoms with Crippen LogP contribution in [-0.4, -0.2) is 58.9 Å². The predicted molar refractivity (Wildman–Crippen MR) is 171 cm³/mol. The highest BCUT2D eigenvalue weighted by atomic mass is 16.5. The fraction of sp³-hybridized carbons (Fsp3) is 0.306. The van der Waals surface area contributed by atoms with Gasteiger partial charge in [0.15, 0.2) is 11.5 Å². The average molecular weight is 651 g/mol. The number of nitrogens with zero attached hydrogens (tertiary/aromatic N) is 2. The number of aromatic hydroxyl groups is 1. The lowest BCUT2D eigenvalue weighted by atomic mass is 9.49. The lowest BCUT2D eigenvalue weighted by molar-refractivity contribution is -0.139. The number of carbonyl (C=O) groups excluding carboxylic acids is 5. The van der Waals surface area contributed by atoms with Gasteiger partial charge in [0.25, 0.3) is 11.8 Å². The fourth-order valence-corrected chi connectivity index (χ4v) is 8.42. The van der Waals surface area contributed by atoms with Crippen LogP contribution >= 0.6 is 0 Å². The number of benzene rings is 3. The second-order valence-corrected chi connectivity index (χ2v) is 12.7. The van der Waals surface area contributed by atoms with E-state index in [9.17, 15) is 24.3 Å². The number of fused-ring (bicyclic) bond motifs is 4. The maximum absolute atomic E-state index is 15.2. The van der Waals surface area contributed by atoms with Crippen molar-refractivity contribution in [3.63, 3.8) is 0 Å². The lowest BCUT2D eigenvalue weighted by Crippen LogP contribution is -2.53. The molecule has 246 valence electrons. The van der Waals surface area contributed by atoms with E-state index in [0.717, 1.165) is 10.6 Å². The van der Waals surface area contributed by atoms with Gasteiger partial charge in [-0.05, 0) is 61.1 Å². The van der Waals surface area contributed by atoms with Gasteiger partial charge < -0.3 is 20.3 Å².